The van der Waals surface area contributed by atoms with Crippen molar-refractivity contribution >= 4 is 5.78 Å². The lowest BCUT2D eigenvalue weighted by Gasteiger charge is -2.65. The van der Waals surface area contributed by atoms with Crippen LogP contribution in [0.5, 0.6) is 5.75 Å². The highest BCUT2D eigenvalue weighted by Crippen LogP contribution is 2.60. The van der Waals surface area contributed by atoms with Gasteiger partial charge >= 0.3 is 0 Å². The molecule has 3 atom stereocenters. The third-order valence-corrected chi connectivity index (χ3v) is 8.01. The van der Waals surface area contributed by atoms with Crippen molar-refractivity contribution in [2.75, 3.05) is 27.3 Å². The van der Waals surface area contributed by atoms with E-state index in [1.807, 2.05) is 7.11 Å². The van der Waals surface area contributed by atoms with Crippen LogP contribution in [0.15, 0.2) is 48.5 Å². The van der Waals surface area contributed by atoms with Crippen LogP contribution in [0.2, 0.25) is 0 Å². The SMILES string of the molecule is COc1cccc2c1[C@@]13CCN(CCc4ccccc4)C(C2)[C@]1(OC)CCC(=O)C3. The Morgan fingerprint density at radius 3 is 2.67 bits per heavy atom. The van der Waals surface area contributed by atoms with Gasteiger partial charge in [-0.05, 0) is 49.4 Å². The number of nitrogens with zero attached hydrogens (tertiary/aromatic N) is 1. The van der Waals surface area contributed by atoms with Gasteiger partial charge < -0.3 is 9.47 Å². The number of carbonyl (C=O) groups is 1. The highest BCUT2D eigenvalue weighted by molar-refractivity contribution is 5.83. The van der Waals surface area contributed by atoms with Gasteiger partial charge in [0, 0.05) is 43.5 Å². The number of fused-ring (bicyclic) bond motifs is 1. The summed E-state index contributed by atoms with van der Waals surface area (Å²) >= 11 is 0. The van der Waals surface area contributed by atoms with E-state index in [4.69, 9.17) is 9.47 Å². The van der Waals surface area contributed by atoms with Gasteiger partial charge in [0.25, 0.3) is 0 Å². The standard InChI is InChI=1S/C26H31NO3/c1-29-22-10-6-9-20-17-23-26(30-2)13-11-21(28)18-25(26,24(20)22)14-16-27(23)15-12-19-7-4-3-5-8-19/h3-10,23H,11-18H2,1-2H3/t23?,25-,26+/m0/s1. The summed E-state index contributed by atoms with van der Waals surface area (Å²) in [4.78, 5) is 15.4. The molecule has 0 amide bonds. The molecular weight excluding hydrogens is 374 g/mol. The van der Waals surface area contributed by atoms with Crippen molar-refractivity contribution < 1.29 is 14.3 Å². The Hall–Kier alpha value is -2.17. The van der Waals surface area contributed by atoms with Crippen LogP contribution in [0.1, 0.15) is 42.4 Å². The largest absolute Gasteiger partial charge is 0.496 e. The van der Waals surface area contributed by atoms with Gasteiger partial charge in [-0.25, -0.2) is 0 Å². The van der Waals surface area contributed by atoms with Crippen LogP contribution in [-0.4, -0.2) is 49.6 Å². The molecule has 2 aromatic rings. The van der Waals surface area contributed by atoms with Crippen LogP contribution in [0, 0.1) is 0 Å². The second-order valence-electron chi connectivity index (χ2n) is 9.13. The number of carbonyl (C=O) groups excluding carboxylic acids is 1. The molecule has 1 unspecified atom stereocenters. The monoisotopic (exact) mass is 405 g/mol. The van der Waals surface area contributed by atoms with E-state index in [-0.39, 0.29) is 17.1 Å². The highest BCUT2D eigenvalue weighted by atomic mass is 16.5. The summed E-state index contributed by atoms with van der Waals surface area (Å²) in [6.07, 6.45) is 4.90. The molecule has 0 aromatic heterocycles. The molecule has 1 aliphatic heterocycles. The summed E-state index contributed by atoms with van der Waals surface area (Å²) < 4.78 is 12.3. The Kier molecular flexibility index (Phi) is 4.95. The third-order valence-electron chi connectivity index (χ3n) is 8.01. The predicted octanol–water partition coefficient (Wildman–Crippen LogP) is 3.94. The van der Waals surface area contributed by atoms with Gasteiger partial charge in [-0.3, -0.25) is 9.69 Å². The molecule has 4 nitrogen and oxygen atoms in total. The minimum Gasteiger partial charge on any atom is -0.496 e. The first-order valence-corrected chi connectivity index (χ1v) is 11.1. The molecule has 0 radical (unpaired) electrons. The molecule has 158 valence electrons. The van der Waals surface area contributed by atoms with Crippen LogP contribution in [0.25, 0.3) is 0 Å². The fourth-order valence-electron chi connectivity index (χ4n) is 6.72. The lowest BCUT2D eigenvalue weighted by atomic mass is 9.49. The average Bonchev–Trinajstić information content (AvgIpc) is 2.78. The number of ketones is 1. The molecule has 3 aliphatic rings. The Balaban J connectivity index is 1.57. The zero-order chi connectivity index (χ0) is 20.8. The summed E-state index contributed by atoms with van der Waals surface area (Å²) in [7, 11) is 3.60. The van der Waals surface area contributed by atoms with Crippen molar-refractivity contribution in [2.24, 2.45) is 0 Å². The van der Waals surface area contributed by atoms with Gasteiger partial charge in [0.05, 0.1) is 12.7 Å². The molecule has 1 saturated carbocycles. The summed E-state index contributed by atoms with van der Waals surface area (Å²) in [5.74, 6) is 1.28. The maximum absolute atomic E-state index is 12.8. The van der Waals surface area contributed by atoms with Crippen LogP contribution in [0.3, 0.4) is 0 Å². The third kappa shape index (κ3) is 2.77. The molecule has 4 heteroatoms. The lowest BCUT2D eigenvalue weighted by Crippen LogP contribution is -2.74. The van der Waals surface area contributed by atoms with E-state index in [0.717, 1.165) is 44.5 Å². The van der Waals surface area contributed by atoms with Gasteiger partial charge in [-0.15, -0.1) is 0 Å². The van der Waals surface area contributed by atoms with Crippen molar-refractivity contribution in [1.82, 2.24) is 4.90 Å². The molecule has 0 N–H and O–H groups in total. The van der Waals surface area contributed by atoms with Crippen LogP contribution in [-0.2, 0) is 27.8 Å². The molecule has 2 fully saturated rings. The van der Waals surface area contributed by atoms with Gasteiger partial charge in [-0.2, -0.15) is 0 Å². The Labute approximate surface area is 179 Å². The molecule has 2 bridgehead atoms. The zero-order valence-electron chi connectivity index (χ0n) is 18.0. The lowest BCUT2D eigenvalue weighted by molar-refractivity contribution is -0.187. The number of hydrogen-bond acceptors (Lipinski definition) is 4. The summed E-state index contributed by atoms with van der Waals surface area (Å²) in [5.41, 5.74) is 3.31. The molecular formula is C26H31NO3. The Morgan fingerprint density at radius 1 is 1.07 bits per heavy atom. The fraction of sp³-hybridized carbons (Fsp3) is 0.500. The zero-order valence-corrected chi connectivity index (χ0v) is 18.0. The second kappa shape index (κ2) is 7.51. The highest BCUT2D eigenvalue weighted by Gasteiger charge is 2.66. The van der Waals surface area contributed by atoms with Crippen LogP contribution < -0.4 is 4.74 Å². The number of piperidine rings is 1. The van der Waals surface area contributed by atoms with E-state index in [1.54, 1.807) is 7.11 Å². The number of likely N-dealkylation sites (tertiary alicyclic amines) is 1. The van der Waals surface area contributed by atoms with Crippen molar-refractivity contribution in [3.63, 3.8) is 0 Å². The van der Waals surface area contributed by atoms with Gasteiger partial charge in [-0.1, -0.05) is 42.5 Å². The smallest absolute Gasteiger partial charge is 0.134 e. The number of hydrogen-bond donors (Lipinski definition) is 0. The maximum Gasteiger partial charge on any atom is 0.134 e. The summed E-state index contributed by atoms with van der Waals surface area (Å²) in [6, 6.07) is 17.4. The summed E-state index contributed by atoms with van der Waals surface area (Å²) in [6.45, 7) is 2.01. The van der Waals surface area contributed by atoms with E-state index in [0.29, 0.717) is 18.6 Å². The second-order valence-corrected chi connectivity index (χ2v) is 9.13. The molecule has 5 rings (SSSR count). The fourth-order valence-corrected chi connectivity index (χ4v) is 6.72. The van der Waals surface area contributed by atoms with E-state index in [9.17, 15) is 4.79 Å². The van der Waals surface area contributed by atoms with E-state index >= 15 is 0 Å². The molecule has 1 heterocycles. The number of rotatable bonds is 5. The van der Waals surface area contributed by atoms with Gasteiger partial charge in [0.1, 0.15) is 11.5 Å². The number of methoxy groups -OCH3 is 2. The summed E-state index contributed by atoms with van der Waals surface area (Å²) in [5, 5.41) is 0. The van der Waals surface area contributed by atoms with Crippen LogP contribution >= 0.6 is 0 Å². The number of Topliss-reactive ketones (excluding diaryl/α,β-unsaturated/α-hetero) is 1. The Morgan fingerprint density at radius 2 is 1.90 bits per heavy atom. The number of benzene rings is 2. The van der Waals surface area contributed by atoms with Gasteiger partial charge in [0.2, 0.25) is 0 Å². The topological polar surface area (TPSA) is 38.8 Å². The average molecular weight is 406 g/mol. The molecule has 2 aliphatic carbocycles. The molecule has 1 saturated heterocycles. The molecule has 0 spiro atoms. The van der Waals surface area contributed by atoms with E-state index in [2.05, 4.69) is 53.4 Å². The first-order valence-electron chi connectivity index (χ1n) is 11.1. The van der Waals surface area contributed by atoms with Crippen molar-refractivity contribution in [3.8, 4) is 5.75 Å². The number of ether oxygens (including phenoxy) is 2. The van der Waals surface area contributed by atoms with E-state index < -0.39 is 0 Å². The van der Waals surface area contributed by atoms with Crippen molar-refractivity contribution in [1.29, 1.82) is 0 Å². The minimum absolute atomic E-state index is 0.285. The predicted molar refractivity (Wildman–Crippen MR) is 117 cm³/mol. The molecule has 30 heavy (non-hydrogen) atoms. The van der Waals surface area contributed by atoms with Gasteiger partial charge in [0.15, 0.2) is 0 Å². The van der Waals surface area contributed by atoms with Crippen molar-refractivity contribution in [2.45, 2.75) is 55.6 Å². The quantitative estimate of drug-likeness (QED) is 0.755. The van der Waals surface area contributed by atoms with E-state index in [1.165, 1.54) is 16.7 Å². The Bertz CT molecular complexity index is 943. The van der Waals surface area contributed by atoms with Crippen LogP contribution in [0.4, 0.5) is 0 Å². The van der Waals surface area contributed by atoms with Crippen molar-refractivity contribution in [3.05, 3.63) is 65.2 Å². The first kappa shape index (κ1) is 19.8. The maximum atomic E-state index is 12.8. The minimum atomic E-state index is -0.336. The first-order chi connectivity index (χ1) is 14.6. The molecule has 2 aromatic carbocycles. The normalized spacial score (nSPS) is 30.5.